The van der Waals surface area contributed by atoms with Crippen LogP contribution in [-0.4, -0.2) is 11.5 Å². The van der Waals surface area contributed by atoms with Gasteiger partial charge in [-0.3, -0.25) is 4.98 Å². The Morgan fingerprint density at radius 2 is 1.84 bits per heavy atom. The van der Waals surface area contributed by atoms with Gasteiger partial charge < -0.3 is 5.32 Å². The predicted octanol–water partition coefficient (Wildman–Crippen LogP) is 4.28. The zero-order valence-corrected chi connectivity index (χ0v) is 12.2. The Morgan fingerprint density at radius 3 is 2.53 bits per heavy atom. The van der Waals surface area contributed by atoms with Gasteiger partial charge in [0, 0.05) is 18.4 Å². The Kier molecular flexibility index (Phi) is 5.20. The lowest BCUT2D eigenvalue weighted by atomic mass is 10.1. The summed E-state index contributed by atoms with van der Waals surface area (Å²) in [6, 6.07) is 10.1. The minimum absolute atomic E-state index is 0.247. The summed E-state index contributed by atoms with van der Waals surface area (Å²) in [7, 11) is 0. The van der Waals surface area contributed by atoms with Crippen molar-refractivity contribution in [2.45, 2.75) is 19.4 Å². The molecule has 0 aliphatic rings. The van der Waals surface area contributed by atoms with Crippen molar-refractivity contribution in [2.75, 3.05) is 6.54 Å². The maximum absolute atomic E-state index is 6.02. The molecule has 4 heteroatoms. The van der Waals surface area contributed by atoms with E-state index in [0.717, 1.165) is 18.5 Å². The van der Waals surface area contributed by atoms with E-state index >= 15 is 0 Å². The zero-order valence-electron chi connectivity index (χ0n) is 10.7. The molecule has 1 aromatic carbocycles. The van der Waals surface area contributed by atoms with Crippen LogP contribution < -0.4 is 5.32 Å². The van der Waals surface area contributed by atoms with Crippen LogP contribution in [0.25, 0.3) is 0 Å². The van der Waals surface area contributed by atoms with Crippen LogP contribution in [0, 0.1) is 0 Å². The third kappa shape index (κ3) is 4.20. The van der Waals surface area contributed by atoms with Crippen LogP contribution in [0.4, 0.5) is 0 Å². The molecule has 1 heterocycles. The maximum Gasteiger partial charge on any atom is 0.0595 e. The largest absolute Gasteiger partial charge is 0.310 e. The highest BCUT2D eigenvalue weighted by Gasteiger charge is 2.06. The minimum Gasteiger partial charge on any atom is -0.310 e. The van der Waals surface area contributed by atoms with Gasteiger partial charge in [-0.25, -0.2) is 0 Å². The Labute approximate surface area is 123 Å². The van der Waals surface area contributed by atoms with Gasteiger partial charge in [0.15, 0.2) is 0 Å². The second-order valence-electron chi connectivity index (χ2n) is 4.45. The van der Waals surface area contributed by atoms with Gasteiger partial charge in [0.2, 0.25) is 0 Å². The first-order valence-corrected chi connectivity index (χ1v) is 6.99. The van der Waals surface area contributed by atoms with E-state index in [0.29, 0.717) is 10.0 Å². The number of hydrogen-bond donors (Lipinski definition) is 1. The van der Waals surface area contributed by atoms with Gasteiger partial charge in [-0.05, 0) is 55.3 Å². The summed E-state index contributed by atoms with van der Waals surface area (Å²) in [4.78, 5) is 4.01. The van der Waals surface area contributed by atoms with E-state index in [9.17, 15) is 0 Å². The first-order chi connectivity index (χ1) is 9.16. The van der Waals surface area contributed by atoms with Gasteiger partial charge in [0.1, 0.15) is 0 Å². The molecule has 1 unspecified atom stereocenters. The van der Waals surface area contributed by atoms with Crippen LogP contribution in [0.5, 0.6) is 0 Å². The summed E-state index contributed by atoms with van der Waals surface area (Å²) in [5.74, 6) is 0. The molecular formula is C15H16Cl2N2. The summed E-state index contributed by atoms with van der Waals surface area (Å²) in [5, 5.41) is 4.66. The fourth-order valence-corrected chi connectivity index (χ4v) is 2.19. The second kappa shape index (κ2) is 6.90. The molecule has 1 N–H and O–H groups in total. The monoisotopic (exact) mass is 294 g/mol. The normalized spacial score (nSPS) is 12.4. The molecule has 19 heavy (non-hydrogen) atoms. The maximum atomic E-state index is 6.02. The number of halogens is 2. The van der Waals surface area contributed by atoms with Gasteiger partial charge in [-0.2, -0.15) is 0 Å². The number of aromatic nitrogens is 1. The highest BCUT2D eigenvalue weighted by atomic mass is 35.5. The topological polar surface area (TPSA) is 24.9 Å². The molecule has 0 saturated carbocycles. The lowest BCUT2D eigenvalue weighted by molar-refractivity contribution is 0.577. The van der Waals surface area contributed by atoms with Crippen LogP contribution >= 0.6 is 23.2 Å². The van der Waals surface area contributed by atoms with Gasteiger partial charge in [0.05, 0.1) is 10.0 Å². The van der Waals surface area contributed by atoms with Crippen molar-refractivity contribution in [2.24, 2.45) is 0 Å². The number of nitrogens with zero attached hydrogens (tertiary/aromatic N) is 1. The molecule has 1 aromatic heterocycles. The van der Waals surface area contributed by atoms with Crippen LogP contribution in [-0.2, 0) is 6.42 Å². The van der Waals surface area contributed by atoms with E-state index in [2.05, 4.69) is 17.2 Å². The molecule has 0 spiro atoms. The van der Waals surface area contributed by atoms with Crippen LogP contribution in [0.2, 0.25) is 10.0 Å². The van der Waals surface area contributed by atoms with E-state index in [1.54, 1.807) is 0 Å². The van der Waals surface area contributed by atoms with Crippen molar-refractivity contribution < 1.29 is 0 Å². The van der Waals surface area contributed by atoms with Gasteiger partial charge in [-0.1, -0.05) is 29.3 Å². The average molecular weight is 295 g/mol. The second-order valence-corrected chi connectivity index (χ2v) is 5.27. The molecular weight excluding hydrogens is 279 g/mol. The number of rotatable bonds is 5. The molecule has 0 bridgehead atoms. The van der Waals surface area contributed by atoms with Crippen LogP contribution in [0.1, 0.15) is 24.1 Å². The SMILES string of the molecule is CC(NCCc1ccncc1)c1ccc(Cl)c(Cl)c1. The van der Waals surface area contributed by atoms with Crippen molar-refractivity contribution in [3.05, 3.63) is 63.9 Å². The quantitative estimate of drug-likeness (QED) is 0.890. The Balaban J connectivity index is 1.87. The highest BCUT2D eigenvalue weighted by molar-refractivity contribution is 6.42. The van der Waals surface area contributed by atoms with Gasteiger partial charge in [0.25, 0.3) is 0 Å². The zero-order chi connectivity index (χ0) is 13.7. The van der Waals surface area contributed by atoms with E-state index in [1.807, 2.05) is 42.7 Å². The molecule has 0 aliphatic heterocycles. The lowest BCUT2D eigenvalue weighted by Gasteiger charge is -2.15. The van der Waals surface area contributed by atoms with E-state index in [4.69, 9.17) is 23.2 Å². The number of pyridine rings is 1. The molecule has 2 aromatic rings. The molecule has 2 rings (SSSR count). The van der Waals surface area contributed by atoms with E-state index < -0.39 is 0 Å². The first kappa shape index (κ1) is 14.3. The summed E-state index contributed by atoms with van der Waals surface area (Å²) in [6.45, 7) is 3.03. The summed E-state index contributed by atoms with van der Waals surface area (Å²) < 4.78 is 0. The molecule has 0 fully saturated rings. The summed E-state index contributed by atoms with van der Waals surface area (Å²) in [5.41, 5.74) is 2.42. The van der Waals surface area contributed by atoms with E-state index in [1.165, 1.54) is 5.56 Å². The molecule has 0 saturated heterocycles. The molecule has 0 amide bonds. The molecule has 1 atom stereocenters. The van der Waals surface area contributed by atoms with Crippen LogP contribution in [0.15, 0.2) is 42.7 Å². The van der Waals surface area contributed by atoms with Crippen molar-refractivity contribution in [3.63, 3.8) is 0 Å². The van der Waals surface area contributed by atoms with Crippen molar-refractivity contribution in [1.82, 2.24) is 10.3 Å². The van der Waals surface area contributed by atoms with Crippen molar-refractivity contribution in [3.8, 4) is 0 Å². The summed E-state index contributed by atoms with van der Waals surface area (Å²) in [6.07, 6.45) is 4.61. The molecule has 2 nitrogen and oxygen atoms in total. The average Bonchev–Trinajstić information content (AvgIpc) is 2.43. The van der Waals surface area contributed by atoms with Gasteiger partial charge in [-0.15, -0.1) is 0 Å². The Bertz CT molecular complexity index is 529. The lowest BCUT2D eigenvalue weighted by Crippen LogP contribution is -2.21. The minimum atomic E-state index is 0.247. The van der Waals surface area contributed by atoms with Crippen molar-refractivity contribution >= 4 is 23.2 Å². The summed E-state index contributed by atoms with van der Waals surface area (Å²) >= 11 is 11.9. The fourth-order valence-electron chi connectivity index (χ4n) is 1.88. The third-order valence-corrected chi connectivity index (χ3v) is 3.80. The Hall–Kier alpha value is -1.09. The highest BCUT2D eigenvalue weighted by Crippen LogP contribution is 2.25. The Morgan fingerprint density at radius 1 is 1.11 bits per heavy atom. The molecule has 0 aliphatic carbocycles. The van der Waals surface area contributed by atoms with Gasteiger partial charge >= 0.3 is 0 Å². The van der Waals surface area contributed by atoms with E-state index in [-0.39, 0.29) is 6.04 Å². The third-order valence-electron chi connectivity index (χ3n) is 3.06. The standard InChI is InChI=1S/C15H16Cl2N2/c1-11(13-2-3-14(16)15(17)10-13)19-9-6-12-4-7-18-8-5-12/h2-5,7-8,10-11,19H,6,9H2,1H3. The van der Waals surface area contributed by atoms with Crippen LogP contribution in [0.3, 0.4) is 0 Å². The number of benzene rings is 1. The molecule has 0 radical (unpaired) electrons. The fraction of sp³-hybridized carbons (Fsp3) is 0.267. The molecule has 100 valence electrons. The first-order valence-electron chi connectivity index (χ1n) is 6.24. The smallest absolute Gasteiger partial charge is 0.0595 e. The predicted molar refractivity (Wildman–Crippen MR) is 80.8 cm³/mol. The number of hydrogen-bond acceptors (Lipinski definition) is 2. The number of nitrogens with one attached hydrogen (secondary N) is 1. The van der Waals surface area contributed by atoms with Crippen molar-refractivity contribution in [1.29, 1.82) is 0 Å².